The maximum absolute atomic E-state index is 8.76. The van der Waals surface area contributed by atoms with Crippen LogP contribution in [-0.4, -0.2) is 11.2 Å². The molecule has 2 aliphatic carbocycles. The van der Waals surface area contributed by atoms with Crippen LogP contribution in [0.15, 0.2) is 0 Å². The van der Waals surface area contributed by atoms with Crippen molar-refractivity contribution in [1.82, 2.24) is 5.48 Å². The maximum Gasteiger partial charge on any atom is 0.0322 e. The van der Waals surface area contributed by atoms with Crippen molar-refractivity contribution in [2.45, 2.75) is 44.6 Å². The zero-order valence-electron chi connectivity index (χ0n) is 6.92. The fraction of sp³-hybridized carbons (Fsp3) is 1.00. The van der Waals surface area contributed by atoms with Gasteiger partial charge in [-0.2, -0.15) is 0 Å². The topological polar surface area (TPSA) is 32.3 Å². The van der Waals surface area contributed by atoms with E-state index in [0.717, 1.165) is 11.8 Å². The Balaban J connectivity index is 1.82. The monoisotopic (exact) mass is 155 g/mol. The molecule has 0 radical (unpaired) electrons. The standard InChI is InChI=1S/C9H17NO/c11-10-9-3-1-2-8(6-9)7-4-5-7/h7-11H,1-6H2. The fourth-order valence-electron chi connectivity index (χ4n) is 2.34. The summed E-state index contributed by atoms with van der Waals surface area (Å²) < 4.78 is 0. The molecule has 0 aromatic carbocycles. The SMILES string of the molecule is ONC1CCCC(C2CC2)C1. The van der Waals surface area contributed by atoms with Gasteiger partial charge in [-0.25, -0.2) is 5.48 Å². The van der Waals surface area contributed by atoms with Gasteiger partial charge in [0.2, 0.25) is 0 Å². The molecule has 0 spiro atoms. The van der Waals surface area contributed by atoms with Crippen LogP contribution in [0.25, 0.3) is 0 Å². The van der Waals surface area contributed by atoms with Crippen LogP contribution in [0.1, 0.15) is 38.5 Å². The first kappa shape index (κ1) is 7.56. The van der Waals surface area contributed by atoms with Crippen LogP contribution in [0.3, 0.4) is 0 Å². The summed E-state index contributed by atoms with van der Waals surface area (Å²) in [5.41, 5.74) is 2.42. The average Bonchev–Trinajstić information content (AvgIpc) is 2.87. The maximum atomic E-state index is 8.76. The van der Waals surface area contributed by atoms with Gasteiger partial charge in [-0.05, 0) is 37.5 Å². The normalized spacial score (nSPS) is 39.0. The highest BCUT2D eigenvalue weighted by Gasteiger charge is 2.34. The van der Waals surface area contributed by atoms with Crippen LogP contribution in [0.2, 0.25) is 0 Å². The van der Waals surface area contributed by atoms with Crippen LogP contribution >= 0.6 is 0 Å². The minimum Gasteiger partial charge on any atom is -0.317 e. The molecule has 0 bridgehead atoms. The summed E-state index contributed by atoms with van der Waals surface area (Å²) >= 11 is 0. The zero-order valence-corrected chi connectivity index (χ0v) is 6.92. The second-order valence-electron chi connectivity index (χ2n) is 4.09. The Morgan fingerprint density at radius 2 is 1.82 bits per heavy atom. The van der Waals surface area contributed by atoms with Gasteiger partial charge in [-0.3, -0.25) is 0 Å². The molecule has 0 amide bonds. The number of nitrogens with one attached hydrogen (secondary N) is 1. The highest BCUT2D eigenvalue weighted by atomic mass is 16.5. The highest BCUT2D eigenvalue weighted by Crippen LogP contribution is 2.43. The van der Waals surface area contributed by atoms with Crippen LogP contribution in [-0.2, 0) is 0 Å². The molecule has 0 saturated heterocycles. The van der Waals surface area contributed by atoms with E-state index in [9.17, 15) is 0 Å². The molecule has 11 heavy (non-hydrogen) atoms. The number of rotatable bonds is 2. The molecule has 0 aromatic rings. The minimum atomic E-state index is 0.398. The van der Waals surface area contributed by atoms with E-state index in [-0.39, 0.29) is 0 Å². The molecule has 2 heteroatoms. The van der Waals surface area contributed by atoms with Crippen molar-refractivity contribution in [2.24, 2.45) is 11.8 Å². The van der Waals surface area contributed by atoms with Crippen molar-refractivity contribution in [3.05, 3.63) is 0 Å². The lowest BCUT2D eigenvalue weighted by Crippen LogP contribution is -2.32. The van der Waals surface area contributed by atoms with Gasteiger partial charge in [0.15, 0.2) is 0 Å². The van der Waals surface area contributed by atoms with Crippen molar-refractivity contribution >= 4 is 0 Å². The Morgan fingerprint density at radius 1 is 1.00 bits per heavy atom. The number of hydrogen-bond donors (Lipinski definition) is 2. The van der Waals surface area contributed by atoms with Gasteiger partial charge >= 0.3 is 0 Å². The predicted octanol–water partition coefficient (Wildman–Crippen LogP) is 1.93. The molecule has 64 valence electrons. The van der Waals surface area contributed by atoms with Crippen LogP contribution in [0, 0.1) is 11.8 Å². The summed E-state index contributed by atoms with van der Waals surface area (Å²) in [5, 5.41) is 8.76. The van der Waals surface area contributed by atoms with Crippen molar-refractivity contribution in [3.63, 3.8) is 0 Å². The molecule has 2 fully saturated rings. The molecule has 2 unspecified atom stereocenters. The molecule has 2 rings (SSSR count). The first-order chi connectivity index (χ1) is 5.40. The van der Waals surface area contributed by atoms with Gasteiger partial charge in [0.25, 0.3) is 0 Å². The lowest BCUT2D eigenvalue weighted by atomic mass is 9.83. The molecule has 0 aliphatic heterocycles. The second-order valence-corrected chi connectivity index (χ2v) is 4.09. The Hall–Kier alpha value is -0.0800. The van der Waals surface area contributed by atoms with E-state index in [4.69, 9.17) is 5.21 Å². The molecule has 2 N–H and O–H groups in total. The third-order valence-electron chi connectivity index (χ3n) is 3.19. The van der Waals surface area contributed by atoms with Gasteiger partial charge in [0.05, 0.1) is 0 Å². The Kier molecular flexibility index (Phi) is 2.14. The molecule has 0 heterocycles. The largest absolute Gasteiger partial charge is 0.317 e. The van der Waals surface area contributed by atoms with E-state index in [0.29, 0.717) is 6.04 Å². The van der Waals surface area contributed by atoms with Crippen molar-refractivity contribution in [2.75, 3.05) is 0 Å². The summed E-state index contributed by atoms with van der Waals surface area (Å²) in [4.78, 5) is 0. The van der Waals surface area contributed by atoms with Gasteiger partial charge < -0.3 is 5.21 Å². The van der Waals surface area contributed by atoms with Crippen LogP contribution < -0.4 is 5.48 Å². The summed E-state index contributed by atoms with van der Waals surface area (Å²) in [6.07, 6.45) is 7.98. The van der Waals surface area contributed by atoms with Crippen molar-refractivity contribution in [3.8, 4) is 0 Å². The summed E-state index contributed by atoms with van der Waals surface area (Å²) in [6, 6.07) is 0.398. The van der Waals surface area contributed by atoms with Crippen molar-refractivity contribution < 1.29 is 5.21 Å². The van der Waals surface area contributed by atoms with E-state index in [1.165, 1.54) is 38.5 Å². The molecule has 2 saturated carbocycles. The van der Waals surface area contributed by atoms with Crippen LogP contribution in [0.4, 0.5) is 0 Å². The molecular formula is C9H17NO. The smallest absolute Gasteiger partial charge is 0.0322 e. The molecule has 2 nitrogen and oxygen atoms in total. The van der Waals surface area contributed by atoms with E-state index in [1.54, 1.807) is 0 Å². The number of hydroxylamine groups is 1. The number of hydrogen-bond acceptors (Lipinski definition) is 2. The van der Waals surface area contributed by atoms with E-state index >= 15 is 0 Å². The van der Waals surface area contributed by atoms with E-state index < -0.39 is 0 Å². The van der Waals surface area contributed by atoms with Gasteiger partial charge in [-0.1, -0.05) is 12.8 Å². The Morgan fingerprint density at radius 3 is 2.45 bits per heavy atom. The first-order valence-corrected chi connectivity index (χ1v) is 4.80. The van der Waals surface area contributed by atoms with Gasteiger partial charge in [0, 0.05) is 6.04 Å². The predicted molar refractivity (Wildman–Crippen MR) is 43.4 cm³/mol. The minimum absolute atomic E-state index is 0.398. The Labute approximate surface area is 67.9 Å². The van der Waals surface area contributed by atoms with Gasteiger partial charge in [-0.15, -0.1) is 0 Å². The van der Waals surface area contributed by atoms with E-state index in [1.807, 2.05) is 0 Å². The summed E-state index contributed by atoms with van der Waals surface area (Å²) in [6.45, 7) is 0. The molecular weight excluding hydrogens is 138 g/mol. The summed E-state index contributed by atoms with van der Waals surface area (Å²) in [5.74, 6) is 1.94. The lowest BCUT2D eigenvalue weighted by Gasteiger charge is -2.27. The average molecular weight is 155 g/mol. The van der Waals surface area contributed by atoms with Gasteiger partial charge in [0.1, 0.15) is 0 Å². The van der Waals surface area contributed by atoms with Crippen LogP contribution in [0.5, 0.6) is 0 Å². The zero-order chi connectivity index (χ0) is 7.68. The molecule has 0 aromatic heterocycles. The third kappa shape index (κ3) is 1.74. The molecule has 2 aliphatic rings. The van der Waals surface area contributed by atoms with E-state index in [2.05, 4.69) is 5.48 Å². The Bertz CT molecular complexity index is 134. The molecule has 2 atom stereocenters. The quantitative estimate of drug-likeness (QED) is 0.597. The summed E-state index contributed by atoms with van der Waals surface area (Å²) in [7, 11) is 0. The highest BCUT2D eigenvalue weighted by molar-refractivity contribution is 4.86. The van der Waals surface area contributed by atoms with Crippen molar-refractivity contribution in [1.29, 1.82) is 0 Å². The lowest BCUT2D eigenvalue weighted by molar-refractivity contribution is 0.0893. The fourth-order valence-corrected chi connectivity index (χ4v) is 2.34. The second kappa shape index (κ2) is 3.11. The first-order valence-electron chi connectivity index (χ1n) is 4.80. The third-order valence-corrected chi connectivity index (χ3v) is 3.19.